The number of hydrogen-bond acceptors (Lipinski definition) is 4. The molecule has 6 heteroatoms. The van der Waals surface area contributed by atoms with E-state index in [9.17, 15) is 9.18 Å². The molecule has 1 N–H and O–H groups in total. The molecule has 0 spiro atoms. The average Bonchev–Trinajstić information content (AvgIpc) is 2.61. The third kappa shape index (κ3) is 3.80. The number of aryl methyl sites for hydroxylation is 1. The summed E-state index contributed by atoms with van der Waals surface area (Å²) in [5, 5.41) is 2.64. The number of rotatable bonds is 4. The zero-order valence-corrected chi connectivity index (χ0v) is 13.8. The van der Waals surface area contributed by atoms with Crippen LogP contribution in [0.15, 0.2) is 54.7 Å². The van der Waals surface area contributed by atoms with Crippen molar-refractivity contribution in [2.24, 2.45) is 0 Å². The molecule has 3 aromatic rings. The number of halogens is 1. The summed E-state index contributed by atoms with van der Waals surface area (Å²) in [6.07, 6.45) is 1.47. The number of hydrogen-bond donors (Lipinski definition) is 1. The van der Waals surface area contributed by atoms with Crippen molar-refractivity contribution in [2.45, 2.75) is 6.92 Å². The van der Waals surface area contributed by atoms with Crippen molar-refractivity contribution in [3.8, 4) is 17.1 Å². The highest BCUT2D eigenvalue weighted by Gasteiger charge is 2.13. The molecule has 1 heterocycles. The monoisotopic (exact) mass is 337 g/mol. The fourth-order valence-electron chi connectivity index (χ4n) is 2.33. The van der Waals surface area contributed by atoms with Gasteiger partial charge < -0.3 is 10.1 Å². The lowest BCUT2D eigenvalue weighted by Crippen LogP contribution is -2.15. The van der Waals surface area contributed by atoms with Crippen molar-refractivity contribution in [2.75, 3.05) is 12.4 Å². The van der Waals surface area contributed by atoms with Crippen LogP contribution in [0.4, 0.5) is 10.1 Å². The lowest BCUT2D eigenvalue weighted by atomic mass is 10.1. The van der Waals surface area contributed by atoms with E-state index in [-0.39, 0.29) is 5.91 Å². The van der Waals surface area contributed by atoms with E-state index in [1.54, 1.807) is 20.1 Å². The maximum atomic E-state index is 13.2. The molecule has 5 nitrogen and oxygen atoms in total. The zero-order valence-electron chi connectivity index (χ0n) is 13.8. The van der Waals surface area contributed by atoms with Crippen LogP contribution < -0.4 is 10.1 Å². The summed E-state index contributed by atoms with van der Waals surface area (Å²) in [4.78, 5) is 21.0. The van der Waals surface area contributed by atoms with Crippen LogP contribution in [0, 0.1) is 12.7 Å². The minimum atomic E-state index is -0.416. The Morgan fingerprint density at radius 3 is 2.56 bits per heavy atom. The summed E-state index contributed by atoms with van der Waals surface area (Å²) in [6.45, 7) is 1.73. The smallest absolute Gasteiger partial charge is 0.259 e. The molecule has 3 rings (SSSR count). The van der Waals surface area contributed by atoms with E-state index in [4.69, 9.17) is 4.74 Å². The van der Waals surface area contributed by atoms with Crippen molar-refractivity contribution in [3.63, 3.8) is 0 Å². The zero-order chi connectivity index (χ0) is 17.8. The van der Waals surface area contributed by atoms with E-state index in [0.29, 0.717) is 22.8 Å². The topological polar surface area (TPSA) is 64.1 Å². The van der Waals surface area contributed by atoms with Crippen molar-refractivity contribution in [1.29, 1.82) is 0 Å². The molecule has 25 heavy (non-hydrogen) atoms. The first kappa shape index (κ1) is 16.6. The van der Waals surface area contributed by atoms with Gasteiger partial charge in [0.15, 0.2) is 5.82 Å². The van der Waals surface area contributed by atoms with Gasteiger partial charge in [-0.1, -0.05) is 6.07 Å². The predicted molar refractivity (Wildman–Crippen MR) is 93.1 cm³/mol. The Balaban J connectivity index is 1.82. The number of nitrogens with zero attached hydrogens (tertiary/aromatic N) is 2. The standard InChI is InChI=1S/C19H16FN3O2/c1-12-17(19(24)23-15-5-3-4-14(20)10-15)11-21-18(22-12)13-6-8-16(25-2)9-7-13/h3-11H,1-2H3,(H,23,24). The molecule has 0 aliphatic carbocycles. The van der Waals surface area contributed by atoms with Crippen LogP contribution in [-0.4, -0.2) is 23.0 Å². The lowest BCUT2D eigenvalue weighted by Gasteiger charge is -2.09. The van der Waals surface area contributed by atoms with Crippen molar-refractivity contribution < 1.29 is 13.9 Å². The summed E-state index contributed by atoms with van der Waals surface area (Å²) in [5.74, 6) is 0.457. The highest BCUT2D eigenvalue weighted by Crippen LogP contribution is 2.20. The van der Waals surface area contributed by atoms with Crippen LogP contribution in [-0.2, 0) is 0 Å². The molecule has 0 radical (unpaired) electrons. The first-order valence-electron chi connectivity index (χ1n) is 7.62. The largest absolute Gasteiger partial charge is 0.497 e. The number of methoxy groups -OCH3 is 1. The second-order valence-electron chi connectivity index (χ2n) is 5.39. The summed E-state index contributed by atoms with van der Waals surface area (Å²) >= 11 is 0. The molecule has 1 aromatic heterocycles. The minimum absolute atomic E-state index is 0.335. The van der Waals surface area contributed by atoms with E-state index >= 15 is 0 Å². The van der Waals surface area contributed by atoms with Gasteiger partial charge in [-0.25, -0.2) is 14.4 Å². The molecule has 0 unspecified atom stereocenters. The van der Waals surface area contributed by atoms with Gasteiger partial charge in [0.25, 0.3) is 5.91 Å². The highest BCUT2D eigenvalue weighted by atomic mass is 19.1. The van der Waals surface area contributed by atoms with E-state index in [2.05, 4.69) is 15.3 Å². The summed E-state index contributed by atoms with van der Waals surface area (Å²) < 4.78 is 18.3. The molecule has 1 amide bonds. The third-order valence-electron chi connectivity index (χ3n) is 3.65. The average molecular weight is 337 g/mol. The number of aromatic nitrogens is 2. The van der Waals surface area contributed by atoms with E-state index in [1.807, 2.05) is 24.3 Å². The number of anilines is 1. The molecule has 0 atom stereocenters. The Bertz CT molecular complexity index is 911. The van der Waals surface area contributed by atoms with E-state index < -0.39 is 5.82 Å². The molecule has 0 fully saturated rings. The normalized spacial score (nSPS) is 10.4. The number of amides is 1. The predicted octanol–water partition coefficient (Wildman–Crippen LogP) is 3.85. The quantitative estimate of drug-likeness (QED) is 0.785. The molecule has 0 aliphatic heterocycles. The van der Waals surface area contributed by atoms with Crippen molar-refractivity contribution in [3.05, 3.63) is 71.8 Å². The van der Waals surface area contributed by atoms with Crippen LogP contribution >= 0.6 is 0 Å². The molecule has 0 saturated heterocycles. The fourth-order valence-corrected chi connectivity index (χ4v) is 2.33. The minimum Gasteiger partial charge on any atom is -0.497 e. The SMILES string of the molecule is COc1ccc(-c2ncc(C(=O)Nc3cccc(F)c3)c(C)n2)cc1. The van der Waals surface area contributed by atoms with Crippen molar-refractivity contribution in [1.82, 2.24) is 9.97 Å². The maximum Gasteiger partial charge on any atom is 0.259 e. The van der Waals surface area contributed by atoms with E-state index in [0.717, 1.165) is 11.3 Å². The van der Waals surface area contributed by atoms with Crippen LogP contribution in [0.3, 0.4) is 0 Å². The van der Waals surface area contributed by atoms with Gasteiger partial charge in [0, 0.05) is 17.4 Å². The Morgan fingerprint density at radius 1 is 1.16 bits per heavy atom. The van der Waals surface area contributed by atoms with Gasteiger partial charge in [-0.2, -0.15) is 0 Å². The lowest BCUT2D eigenvalue weighted by molar-refractivity contribution is 0.102. The third-order valence-corrected chi connectivity index (χ3v) is 3.65. The van der Waals surface area contributed by atoms with Crippen LogP contribution in [0.25, 0.3) is 11.4 Å². The van der Waals surface area contributed by atoms with Gasteiger partial charge >= 0.3 is 0 Å². The van der Waals surface area contributed by atoms with Gasteiger partial charge in [0.1, 0.15) is 11.6 Å². The first-order valence-corrected chi connectivity index (χ1v) is 7.62. The van der Waals surface area contributed by atoms with Gasteiger partial charge in [0.2, 0.25) is 0 Å². The first-order chi connectivity index (χ1) is 12.1. The molecular formula is C19H16FN3O2. The molecule has 2 aromatic carbocycles. The maximum absolute atomic E-state index is 13.2. The van der Waals surface area contributed by atoms with E-state index in [1.165, 1.54) is 24.4 Å². The van der Waals surface area contributed by atoms with Crippen LogP contribution in [0.5, 0.6) is 5.75 Å². The van der Waals surface area contributed by atoms with Crippen LogP contribution in [0.1, 0.15) is 16.1 Å². The second kappa shape index (κ2) is 7.09. The Hall–Kier alpha value is -3.28. The number of carbonyl (C=O) groups excluding carboxylic acids is 1. The second-order valence-corrected chi connectivity index (χ2v) is 5.39. The van der Waals surface area contributed by atoms with Gasteiger partial charge in [-0.3, -0.25) is 4.79 Å². The summed E-state index contributed by atoms with van der Waals surface area (Å²) in [7, 11) is 1.60. The van der Waals surface area contributed by atoms with Crippen molar-refractivity contribution >= 4 is 11.6 Å². The Labute approximate surface area is 144 Å². The van der Waals surface area contributed by atoms with Gasteiger partial charge in [0.05, 0.1) is 18.4 Å². The fraction of sp³-hybridized carbons (Fsp3) is 0.105. The van der Waals surface area contributed by atoms with Crippen LogP contribution in [0.2, 0.25) is 0 Å². The molecular weight excluding hydrogens is 321 g/mol. The molecule has 0 aliphatic rings. The van der Waals surface area contributed by atoms with Gasteiger partial charge in [-0.05, 0) is 49.4 Å². The Morgan fingerprint density at radius 2 is 1.92 bits per heavy atom. The summed E-state index contributed by atoms with van der Waals surface area (Å²) in [6, 6.07) is 13.0. The molecule has 126 valence electrons. The summed E-state index contributed by atoms with van der Waals surface area (Å²) in [5.41, 5.74) is 2.07. The number of benzene rings is 2. The number of carbonyl (C=O) groups is 1. The Kier molecular flexibility index (Phi) is 4.70. The van der Waals surface area contributed by atoms with Gasteiger partial charge in [-0.15, -0.1) is 0 Å². The number of ether oxygens (including phenoxy) is 1. The highest BCUT2D eigenvalue weighted by molar-refractivity contribution is 6.04. The molecule has 0 saturated carbocycles. The number of nitrogens with one attached hydrogen (secondary N) is 1. The molecule has 0 bridgehead atoms.